The first-order valence-electron chi connectivity index (χ1n) is 3.50. The number of rotatable bonds is 6. The molecule has 0 aromatic heterocycles. The fourth-order valence-corrected chi connectivity index (χ4v) is 3.95. The van der Waals surface area contributed by atoms with Crippen LogP contribution in [0.4, 0.5) is 0 Å². The van der Waals surface area contributed by atoms with Crippen LogP contribution in [0, 0.1) is 0 Å². The summed E-state index contributed by atoms with van der Waals surface area (Å²) >= 11 is 0. The normalized spacial score (nSPS) is 13.4. The monoisotopic (exact) mass is 229 g/mol. The van der Waals surface area contributed by atoms with Gasteiger partial charge in [-0.15, -0.1) is 0 Å². The Hall–Kier alpha value is 0.154. The van der Waals surface area contributed by atoms with Gasteiger partial charge in [0.25, 0.3) is 0 Å². The first-order chi connectivity index (χ1) is 5.95. The van der Waals surface area contributed by atoms with E-state index in [4.69, 9.17) is 27.2 Å². The SMILES string of the molecule is CO[Si](N)(OC)O[Si]([NH3+])(OC)OC. The third-order valence-corrected chi connectivity index (χ3v) is 6.25. The fourth-order valence-electron chi connectivity index (χ4n) is 0.550. The Morgan fingerprint density at radius 3 is 1.54 bits per heavy atom. The van der Waals surface area contributed by atoms with Crippen LogP contribution in [0.15, 0.2) is 0 Å². The summed E-state index contributed by atoms with van der Waals surface area (Å²) in [5.41, 5.74) is 0. The molecule has 0 unspecified atom stereocenters. The molecule has 5 N–H and O–H groups in total. The summed E-state index contributed by atoms with van der Waals surface area (Å²) in [4.78, 5) is 0. The lowest BCUT2D eigenvalue weighted by Crippen LogP contribution is -2.85. The predicted molar refractivity (Wildman–Crippen MR) is 47.7 cm³/mol. The first kappa shape index (κ1) is 13.2. The molecule has 0 fully saturated rings. The lowest BCUT2D eigenvalue weighted by atomic mass is 11.8. The van der Waals surface area contributed by atoms with Crippen molar-refractivity contribution >= 4 is 17.9 Å². The molecular weight excluding hydrogens is 212 g/mol. The number of nitrogens with two attached hydrogens (primary N) is 1. The van der Waals surface area contributed by atoms with E-state index in [1.807, 2.05) is 0 Å². The quantitative estimate of drug-likeness (QED) is 0.495. The van der Waals surface area contributed by atoms with Crippen LogP contribution in [0.5, 0.6) is 0 Å². The molecule has 0 aliphatic carbocycles. The maximum Gasteiger partial charge on any atom is 0.772 e. The molecule has 0 bridgehead atoms. The average Bonchev–Trinajstić information content (AvgIpc) is 2.17. The molecule has 0 atom stereocenters. The molecule has 0 aromatic rings. The van der Waals surface area contributed by atoms with Crippen molar-refractivity contribution in [3.63, 3.8) is 0 Å². The molecule has 0 rings (SSSR count). The van der Waals surface area contributed by atoms with Crippen molar-refractivity contribution in [1.82, 2.24) is 0 Å². The Bertz CT molecular complexity index is 135. The zero-order valence-electron chi connectivity index (χ0n) is 8.33. The van der Waals surface area contributed by atoms with Crippen molar-refractivity contribution < 1.29 is 27.2 Å². The van der Waals surface area contributed by atoms with Crippen LogP contribution >= 0.6 is 0 Å². The summed E-state index contributed by atoms with van der Waals surface area (Å²) in [6, 6.07) is 0. The Balaban J connectivity index is 4.36. The summed E-state index contributed by atoms with van der Waals surface area (Å²) in [6.45, 7) is 0. The van der Waals surface area contributed by atoms with E-state index in [-0.39, 0.29) is 0 Å². The maximum atomic E-state index is 5.64. The van der Waals surface area contributed by atoms with Gasteiger partial charge in [0.05, 0.1) is 0 Å². The minimum absolute atomic E-state index is 1.40. The standard InChI is InChI=1S/C4H17N2O5Si2/c1-7-12(5,8-2)11-13(6,9-3)10-4/h5H2,1-4,6H3/q+1. The number of hydrogen-bond acceptors (Lipinski definition) is 6. The van der Waals surface area contributed by atoms with Crippen LogP contribution in [-0.4, -0.2) is 46.4 Å². The molecule has 13 heavy (non-hydrogen) atoms. The van der Waals surface area contributed by atoms with Gasteiger partial charge < -0.3 is 27.2 Å². The highest BCUT2D eigenvalue weighted by Gasteiger charge is 2.55. The predicted octanol–water partition coefficient (Wildman–Crippen LogP) is -2.34. The average molecular weight is 229 g/mol. The second-order valence-corrected chi connectivity index (χ2v) is 7.23. The van der Waals surface area contributed by atoms with Gasteiger partial charge in [0.2, 0.25) is 0 Å². The largest absolute Gasteiger partial charge is 0.772 e. The molecule has 7 nitrogen and oxygen atoms in total. The van der Waals surface area contributed by atoms with Crippen LogP contribution in [0.2, 0.25) is 0 Å². The van der Waals surface area contributed by atoms with Gasteiger partial charge in [0, 0.05) is 28.4 Å². The third-order valence-electron chi connectivity index (χ3n) is 1.49. The molecule has 0 aliphatic rings. The molecule has 0 amide bonds. The Morgan fingerprint density at radius 1 is 0.923 bits per heavy atom. The van der Waals surface area contributed by atoms with E-state index in [9.17, 15) is 0 Å². The smallest absolute Gasteiger partial charge is 0.365 e. The summed E-state index contributed by atoms with van der Waals surface area (Å²) in [7, 11) is -0.399. The third kappa shape index (κ3) is 3.80. The topological polar surface area (TPSA) is 99.8 Å². The van der Waals surface area contributed by atoms with Crippen LogP contribution in [0.25, 0.3) is 0 Å². The molecular formula is C4H17N2O5Si2+. The van der Waals surface area contributed by atoms with Crippen molar-refractivity contribution in [2.75, 3.05) is 28.4 Å². The summed E-state index contributed by atoms with van der Waals surface area (Å²) < 4.78 is 25.0. The van der Waals surface area contributed by atoms with Gasteiger partial charge >= 0.3 is 17.9 Å². The highest BCUT2D eigenvalue weighted by atomic mass is 28.5. The molecule has 0 radical (unpaired) electrons. The molecule has 9 heteroatoms. The minimum atomic E-state index is -3.13. The van der Waals surface area contributed by atoms with Crippen molar-refractivity contribution in [2.45, 2.75) is 0 Å². The van der Waals surface area contributed by atoms with Crippen LogP contribution in [0.3, 0.4) is 0 Å². The van der Waals surface area contributed by atoms with Crippen LogP contribution in [0.1, 0.15) is 0 Å². The zero-order chi connectivity index (χ0) is 10.5. The fraction of sp³-hybridized carbons (Fsp3) is 1.00. The summed E-state index contributed by atoms with van der Waals surface area (Å²) in [6.07, 6.45) is 0. The molecule has 0 saturated heterocycles. The molecule has 0 aromatic carbocycles. The van der Waals surface area contributed by atoms with Crippen LogP contribution < -0.4 is 10.8 Å². The highest BCUT2D eigenvalue weighted by Crippen LogP contribution is 2.06. The van der Waals surface area contributed by atoms with E-state index in [1.165, 1.54) is 28.4 Å². The van der Waals surface area contributed by atoms with Gasteiger partial charge in [0.1, 0.15) is 0 Å². The lowest BCUT2D eigenvalue weighted by molar-refractivity contribution is -0.303. The first-order valence-corrected chi connectivity index (χ1v) is 7.23. The molecule has 0 heterocycles. The molecule has 0 aliphatic heterocycles. The number of hydrogen-bond donors (Lipinski definition) is 2. The van der Waals surface area contributed by atoms with Crippen molar-refractivity contribution in [3.8, 4) is 0 Å². The highest BCUT2D eigenvalue weighted by molar-refractivity contribution is 6.68. The Labute approximate surface area is 79.7 Å². The van der Waals surface area contributed by atoms with Gasteiger partial charge in [0.15, 0.2) is 0 Å². The van der Waals surface area contributed by atoms with Gasteiger partial charge in [-0.25, -0.2) is 0 Å². The van der Waals surface area contributed by atoms with Crippen LogP contribution in [-0.2, 0) is 21.8 Å². The van der Waals surface area contributed by atoms with Gasteiger partial charge in [-0.05, 0) is 0 Å². The van der Waals surface area contributed by atoms with E-state index in [0.29, 0.717) is 0 Å². The van der Waals surface area contributed by atoms with E-state index >= 15 is 0 Å². The summed E-state index contributed by atoms with van der Waals surface area (Å²) in [5.74, 6) is 0. The summed E-state index contributed by atoms with van der Waals surface area (Å²) in [5, 5.41) is 9.30. The van der Waals surface area contributed by atoms with Crippen molar-refractivity contribution in [1.29, 1.82) is 0 Å². The number of quaternary nitrogens is 1. The maximum absolute atomic E-state index is 5.64. The van der Waals surface area contributed by atoms with E-state index in [1.54, 1.807) is 0 Å². The zero-order valence-corrected chi connectivity index (χ0v) is 10.3. The lowest BCUT2D eigenvalue weighted by Gasteiger charge is -2.25. The second kappa shape index (κ2) is 5.14. The Kier molecular flexibility index (Phi) is 5.20. The van der Waals surface area contributed by atoms with Gasteiger partial charge in [-0.1, -0.05) is 0 Å². The minimum Gasteiger partial charge on any atom is -0.365 e. The van der Waals surface area contributed by atoms with E-state index in [2.05, 4.69) is 5.40 Å². The Morgan fingerprint density at radius 2 is 1.31 bits per heavy atom. The van der Waals surface area contributed by atoms with Gasteiger partial charge in [-0.2, -0.15) is 0 Å². The van der Waals surface area contributed by atoms with E-state index < -0.39 is 17.9 Å². The van der Waals surface area contributed by atoms with E-state index in [0.717, 1.165) is 0 Å². The molecule has 0 spiro atoms. The van der Waals surface area contributed by atoms with Gasteiger partial charge in [-0.3, -0.25) is 5.40 Å². The van der Waals surface area contributed by atoms with Crippen molar-refractivity contribution in [2.24, 2.45) is 5.40 Å². The molecule has 0 saturated carbocycles. The molecule has 80 valence electrons. The van der Waals surface area contributed by atoms with Crippen molar-refractivity contribution in [3.05, 3.63) is 0 Å². The second-order valence-electron chi connectivity index (χ2n) is 2.21.